The van der Waals surface area contributed by atoms with Crippen molar-refractivity contribution >= 4 is 27.6 Å². The minimum atomic E-state index is -5.29. The molecule has 4 rings (SSSR count). The molecule has 3 aromatic rings. The first-order chi connectivity index (χ1) is 26.2. The molecule has 19 nitrogen and oxygen atoms in total. The molecule has 2 N–H and O–H groups in total. The predicted molar refractivity (Wildman–Crippen MR) is 195 cm³/mol. The average molecular weight is 808 g/mol. The van der Waals surface area contributed by atoms with E-state index in [1.807, 2.05) is 0 Å². The van der Waals surface area contributed by atoms with E-state index in [-0.39, 0.29) is 35.9 Å². The summed E-state index contributed by atoms with van der Waals surface area (Å²) in [4.78, 5) is 63.3. The van der Waals surface area contributed by atoms with Gasteiger partial charge < -0.3 is 19.1 Å². The van der Waals surface area contributed by atoms with Crippen molar-refractivity contribution in [1.82, 2.24) is 9.55 Å². The van der Waals surface area contributed by atoms with Crippen LogP contribution in [0.3, 0.4) is 0 Å². The van der Waals surface area contributed by atoms with Crippen LogP contribution in [0.2, 0.25) is 0 Å². The number of unbranched alkanes of at least 4 members (excludes halogenated alkanes) is 4. The molecule has 2 aromatic carbocycles. The third-order valence-corrected chi connectivity index (χ3v) is 11.1. The topological polar surface area (TPSA) is 257 Å². The number of ether oxygens (including phenoxy) is 3. The van der Waals surface area contributed by atoms with Gasteiger partial charge in [0, 0.05) is 36.4 Å². The Kier molecular flexibility index (Phi) is 16.1. The van der Waals surface area contributed by atoms with E-state index in [0.717, 1.165) is 36.7 Å². The number of benzene rings is 2. The van der Waals surface area contributed by atoms with E-state index in [0.29, 0.717) is 11.1 Å². The van der Waals surface area contributed by atoms with Gasteiger partial charge >= 0.3 is 33.3 Å². The summed E-state index contributed by atoms with van der Waals surface area (Å²) in [5.41, 5.74) is 8.70. The number of aryl methyl sites for hydroxylation is 1. The third kappa shape index (κ3) is 14.0. The normalized spacial score (nSPS) is 18.8. The molecule has 0 bridgehead atoms. The molecule has 0 aliphatic carbocycles. The third-order valence-electron chi connectivity index (χ3n) is 8.07. The number of rotatable bonds is 21. The number of phosphoric acid groups is 2. The van der Waals surface area contributed by atoms with Gasteiger partial charge in [0.15, 0.2) is 0 Å². The first-order valence-electron chi connectivity index (χ1n) is 17.4. The highest BCUT2D eigenvalue weighted by Gasteiger charge is 2.42. The van der Waals surface area contributed by atoms with E-state index >= 15 is 0 Å². The number of hydrogen-bond acceptors (Lipinski definition) is 14. The molecule has 2 heterocycles. The standard InChI is InChI=1S/C34H43N5O14P2/c1-4-5-6-7-8-9-32(41)51-28-16-12-26(13-17-28)21-49-55(46,48-20-25-10-14-27(15-11-25)50-24(3)40)53-54(44,45)47-22-30-29(37-38-35)18-31(52-30)39-19-23(2)33(42)36-34(39)43/h10-17,19,29-31H,4-9,18,20-22H2,1-3H3,(H,44,45)(H,36,42,43)/t29-,30+,31+,55?/m0/s1. The molecule has 1 fully saturated rings. The Morgan fingerprint density at radius 2 is 1.56 bits per heavy atom. The monoisotopic (exact) mass is 807 g/mol. The molecule has 21 heteroatoms. The van der Waals surface area contributed by atoms with Crippen LogP contribution in [0.25, 0.3) is 10.4 Å². The highest BCUT2D eigenvalue weighted by molar-refractivity contribution is 7.61. The van der Waals surface area contributed by atoms with Crippen LogP contribution in [-0.4, -0.2) is 45.1 Å². The number of H-pyrrole nitrogens is 1. The van der Waals surface area contributed by atoms with Crippen LogP contribution in [0.5, 0.6) is 11.5 Å². The molecule has 298 valence electrons. The lowest BCUT2D eigenvalue weighted by molar-refractivity contribution is -0.134. The molecule has 5 atom stereocenters. The number of aromatic amines is 1. The fraction of sp³-hybridized carbons (Fsp3) is 0.471. The maximum atomic E-state index is 13.9. The van der Waals surface area contributed by atoms with Gasteiger partial charge in [0.25, 0.3) is 5.56 Å². The summed E-state index contributed by atoms with van der Waals surface area (Å²) in [7, 11) is -10.2. The second-order valence-electron chi connectivity index (χ2n) is 12.5. The van der Waals surface area contributed by atoms with Crippen molar-refractivity contribution in [2.45, 2.75) is 97.3 Å². The second kappa shape index (κ2) is 20.5. The van der Waals surface area contributed by atoms with Crippen molar-refractivity contribution in [3.05, 3.63) is 103 Å². The molecule has 1 aliphatic heterocycles. The van der Waals surface area contributed by atoms with E-state index in [2.05, 4.69) is 21.9 Å². The largest absolute Gasteiger partial charge is 0.484 e. The van der Waals surface area contributed by atoms with Crippen LogP contribution < -0.4 is 20.7 Å². The zero-order valence-corrected chi connectivity index (χ0v) is 32.2. The van der Waals surface area contributed by atoms with E-state index < -0.39 is 71.1 Å². The molecule has 1 aliphatic rings. The number of carbonyl (C=O) groups excluding carboxylic acids is 2. The summed E-state index contributed by atoms with van der Waals surface area (Å²) < 4.78 is 65.3. The van der Waals surface area contributed by atoms with Gasteiger partial charge in [0.1, 0.15) is 17.7 Å². The summed E-state index contributed by atoms with van der Waals surface area (Å²) in [5, 5.41) is 3.63. The maximum Gasteiger partial charge on any atom is 0.484 e. The van der Waals surface area contributed by atoms with Crippen LogP contribution in [-0.2, 0) is 54.6 Å². The van der Waals surface area contributed by atoms with Crippen molar-refractivity contribution < 1.29 is 55.7 Å². The molecule has 0 amide bonds. The van der Waals surface area contributed by atoms with Crippen LogP contribution in [0.1, 0.15) is 81.7 Å². The Labute approximate surface area is 315 Å². The van der Waals surface area contributed by atoms with Gasteiger partial charge in [-0.15, -0.1) is 0 Å². The predicted octanol–water partition coefficient (Wildman–Crippen LogP) is 6.68. The van der Waals surface area contributed by atoms with E-state index in [4.69, 9.17) is 37.6 Å². The van der Waals surface area contributed by atoms with Crippen LogP contribution >= 0.6 is 15.6 Å². The van der Waals surface area contributed by atoms with Crippen molar-refractivity contribution in [2.24, 2.45) is 5.11 Å². The first-order valence-corrected chi connectivity index (χ1v) is 20.3. The highest BCUT2D eigenvalue weighted by Crippen LogP contribution is 2.64. The van der Waals surface area contributed by atoms with Gasteiger partial charge in [-0.25, -0.2) is 13.9 Å². The molecule has 1 aromatic heterocycles. The molecule has 55 heavy (non-hydrogen) atoms. The number of esters is 2. The number of hydrogen-bond donors (Lipinski definition) is 2. The molecule has 0 radical (unpaired) electrons. The number of azide groups is 1. The highest BCUT2D eigenvalue weighted by atomic mass is 31.3. The zero-order valence-electron chi connectivity index (χ0n) is 30.4. The van der Waals surface area contributed by atoms with Crippen LogP contribution in [0, 0.1) is 6.92 Å². The lowest BCUT2D eigenvalue weighted by Gasteiger charge is -2.22. The number of aromatic nitrogens is 2. The van der Waals surface area contributed by atoms with Gasteiger partial charge in [-0.2, -0.15) is 4.31 Å². The SMILES string of the molecule is CCCCCCCC(=O)Oc1ccc(COP(=O)(OCc2ccc(OC(C)=O)cc2)OP(=O)(O)OC[C@H]2O[C@@H](n3cc(C)c(=O)[nH]c3=O)C[C@@H]2N=[N+]=[N-])cc1. The molecular weight excluding hydrogens is 764 g/mol. The number of nitrogens with one attached hydrogen (secondary N) is 1. The van der Waals surface area contributed by atoms with E-state index in [1.165, 1.54) is 68.6 Å². The quantitative estimate of drug-likeness (QED) is 0.0217. The summed E-state index contributed by atoms with van der Waals surface area (Å²) in [5.74, 6) is -0.407. The summed E-state index contributed by atoms with van der Waals surface area (Å²) in [6.07, 6.45) is 4.15. The van der Waals surface area contributed by atoms with Gasteiger partial charge in [0.05, 0.1) is 32.0 Å². The molecular formula is C34H43N5O14P2. The second-order valence-corrected chi connectivity index (χ2v) is 15.7. The molecule has 1 saturated heterocycles. The van der Waals surface area contributed by atoms with Gasteiger partial charge in [-0.3, -0.25) is 37.5 Å². The van der Waals surface area contributed by atoms with Crippen molar-refractivity contribution in [1.29, 1.82) is 0 Å². The van der Waals surface area contributed by atoms with Gasteiger partial charge in [0.2, 0.25) is 0 Å². The van der Waals surface area contributed by atoms with E-state index in [9.17, 15) is 33.2 Å². The Morgan fingerprint density at radius 3 is 2.15 bits per heavy atom. The van der Waals surface area contributed by atoms with Crippen LogP contribution in [0.4, 0.5) is 0 Å². The fourth-order valence-corrected chi connectivity index (χ4v) is 7.86. The number of phosphoric ester groups is 2. The fourth-order valence-electron chi connectivity index (χ4n) is 5.26. The van der Waals surface area contributed by atoms with Gasteiger partial charge in [-0.05, 0) is 54.3 Å². The number of nitrogens with zero attached hydrogens (tertiary/aromatic N) is 4. The summed E-state index contributed by atoms with van der Waals surface area (Å²) >= 11 is 0. The molecule has 2 unspecified atom stereocenters. The minimum absolute atomic E-state index is 0.0575. The summed E-state index contributed by atoms with van der Waals surface area (Å²) in [6.45, 7) is 3.17. The first kappa shape index (κ1) is 43.3. The Hall–Kier alpha value is -4.41. The van der Waals surface area contributed by atoms with E-state index in [1.54, 1.807) is 0 Å². The Bertz CT molecular complexity index is 2030. The summed E-state index contributed by atoms with van der Waals surface area (Å²) in [6, 6.07) is 10.9. The van der Waals surface area contributed by atoms with Crippen molar-refractivity contribution in [3.8, 4) is 11.5 Å². The minimum Gasteiger partial charge on any atom is -0.427 e. The maximum absolute atomic E-state index is 13.9. The molecule has 0 spiro atoms. The molecule has 0 saturated carbocycles. The van der Waals surface area contributed by atoms with Gasteiger partial charge in [-0.1, -0.05) is 62.0 Å². The van der Waals surface area contributed by atoms with Crippen molar-refractivity contribution in [3.63, 3.8) is 0 Å². The lowest BCUT2D eigenvalue weighted by Crippen LogP contribution is -2.33. The zero-order chi connectivity index (χ0) is 40.0. The van der Waals surface area contributed by atoms with Crippen LogP contribution in [0.15, 0.2) is 69.4 Å². The smallest absolute Gasteiger partial charge is 0.427 e. The number of carbonyl (C=O) groups is 2. The Balaban J connectivity index is 1.43. The Morgan fingerprint density at radius 1 is 0.964 bits per heavy atom. The lowest BCUT2D eigenvalue weighted by atomic mass is 10.1. The van der Waals surface area contributed by atoms with Crippen molar-refractivity contribution in [2.75, 3.05) is 6.61 Å². The average Bonchev–Trinajstić information content (AvgIpc) is 3.54.